The molecule has 2 amide bonds. The number of amides is 2. The predicted molar refractivity (Wildman–Crippen MR) is 111 cm³/mol. The van der Waals surface area contributed by atoms with Crippen LogP contribution >= 0.6 is 0 Å². The van der Waals surface area contributed by atoms with Gasteiger partial charge in [-0.15, -0.1) is 0 Å². The number of anilines is 1. The van der Waals surface area contributed by atoms with Crippen LogP contribution in [-0.2, 0) is 11.3 Å². The van der Waals surface area contributed by atoms with Crippen LogP contribution in [0.3, 0.4) is 0 Å². The van der Waals surface area contributed by atoms with E-state index in [0.29, 0.717) is 17.8 Å². The van der Waals surface area contributed by atoms with Crippen molar-refractivity contribution in [2.45, 2.75) is 13.5 Å². The van der Waals surface area contributed by atoms with Gasteiger partial charge in [-0.2, -0.15) is 0 Å². The van der Waals surface area contributed by atoms with Gasteiger partial charge in [0.15, 0.2) is 0 Å². The third kappa shape index (κ3) is 5.64. The summed E-state index contributed by atoms with van der Waals surface area (Å²) < 4.78 is 0. The lowest BCUT2D eigenvalue weighted by molar-refractivity contribution is -0.111. The van der Waals surface area contributed by atoms with Crippen molar-refractivity contribution in [2.75, 3.05) is 5.32 Å². The van der Waals surface area contributed by atoms with Crippen LogP contribution in [0.1, 0.15) is 27.0 Å². The maximum Gasteiger partial charge on any atom is 0.253 e. The van der Waals surface area contributed by atoms with E-state index >= 15 is 0 Å². The Balaban J connectivity index is 1.51. The molecule has 0 radical (unpaired) electrons. The first-order valence-corrected chi connectivity index (χ1v) is 8.93. The summed E-state index contributed by atoms with van der Waals surface area (Å²) in [6.07, 6.45) is 6.44. The molecule has 0 unspecified atom stereocenters. The summed E-state index contributed by atoms with van der Waals surface area (Å²) in [5.41, 5.74) is 4.28. The van der Waals surface area contributed by atoms with E-state index in [9.17, 15) is 9.59 Å². The second kappa shape index (κ2) is 9.28. The summed E-state index contributed by atoms with van der Waals surface area (Å²) in [5, 5.41) is 5.66. The Kier molecular flexibility index (Phi) is 6.31. The van der Waals surface area contributed by atoms with Crippen LogP contribution in [0.5, 0.6) is 0 Å². The molecule has 0 aliphatic heterocycles. The predicted octanol–water partition coefficient (Wildman–Crippen LogP) is 3.97. The quantitative estimate of drug-likeness (QED) is 0.644. The van der Waals surface area contributed by atoms with Gasteiger partial charge in [-0.25, -0.2) is 0 Å². The summed E-state index contributed by atoms with van der Waals surface area (Å²) in [6, 6.07) is 18.7. The first-order chi connectivity index (χ1) is 13.6. The highest BCUT2D eigenvalue weighted by Gasteiger charge is 2.05. The van der Waals surface area contributed by atoms with Crippen molar-refractivity contribution in [2.24, 2.45) is 0 Å². The molecular formula is C23H21N3O2. The number of benzene rings is 2. The lowest BCUT2D eigenvalue weighted by Gasteiger charge is -2.07. The Morgan fingerprint density at radius 3 is 2.57 bits per heavy atom. The van der Waals surface area contributed by atoms with Gasteiger partial charge in [0.1, 0.15) is 0 Å². The number of carbonyl (C=O) groups excluding carboxylic acids is 2. The van der Waals surface area contributed by atoms with Gasteiger partial charge in [0, 0.05) is 30.7 Å². The number of carbonyl (C=O) groups is 2. The highest BCUT2D eigenvalue weighted by Crippen LogP contribution is 2.11. The van der Waals surface area contributed by atoms with E-state index in [1.807, 2.05) is 55.5 Å². The third-order valence-corrected chi connectivity index (χ3v) is 4.07. The number of hydrogen-bond acceptors (Lipinski definition) is 3. The van der Waals surface area contributed by atoms with E-state index in [-0.39, 0.29) is 11.8 Å². The maximum atomic E-state index is 12.1. The number of aromatic nitrogens is 1. The van der Waals surface area contributed by atoms with Gasteiger partial charge in [0.2, 0.25) is 5.91 Å². The van der Waals surface area contributed by atoms with E-state index < -0.39 is 0 Å². The molecule has 0 aliphatic carbocycles. The van der Waals surface area contributed by atoms with Gasteiger partial charge < -0.3 is 10.6 Å². The minimum absolute atomic E-state index is 0.174. The normalized spacial score (nSPS) is 10.6. The zero-order chi connectivity index (χ0) is 19.8. The molecule has 0 fully saturated rings. The molecule has 0 saturated heterocycles. The van der Waals surface area contributed by atoms with E-state index in [1.54, 1.807) is 24.4 Å². The van der Waals surface area contributed by atoms with Gasteiger partial charge in [-0.3, -0.25) is 14.6 Å². The van der Waals surface area contributed by atoms with Crippen LogP contribution in [0.15, 0.2) is 79.1 Å². The molecule has 1 heterocycles. The Labute approximate surface area is 164 Å². The number of pyridine rings is 1. The molecular weight excluding hydrogens is 350 g/mol. The van der Waals surface area contributed by atoms with Crippen LogP contribution in [0.4, 0.5) is 5.69 Å². The number of nitrogens with one attached hydrogen (secondary N) is 2. The SMILES string of the molecule is Cc1cccc(/C=C/C(=O)Nc2ccc(CNC(=O)c3cccnc3)cc2)c1. The van der Waals surface area contributed by atoms with Crippen molar-refractivity contribution in [3.8, 4) is 0 Å². The highest BCUT2D eigenvalue weighted by molar-refractivity contribution is 6.01. The monoisotopic (exact) mass is 371 g/mol. The van der Waals surface area contributed by atoms with Crippen LogP contribution in [-0.4, -0.2) is 16.8 Å². The standard InChI is InChI=1S/C23H21N3O2/c1-17-4-2-5-18(14-17)9-12-22(27)26-21-10-7-19(8-11-21)15-25-23(28)20-6-3-13-24-16-20/h2-14,16H,15H2,1H3,(H,25,28)(H,26,27)/b12-9+. The highest BCUT2D eigenvalue weighted by atomic mass is 16.2. The smallest absolute Gasteiger partial charge is 0.253 e. The molecule has 0 saturated carbocycles. The second-order valence-corrected chi connectivity index (χ2v) is 6.36. The number of rotatable bonds is 6. The molecule has 2 N–H and O–H groups in total. The number of hydrogen-bond donors (Lipinski definition) is 2. The van der Waals surface area contributed by atoms with Crippen LogP contribution in [0.25, 0.3) is 6.08 Å². The summed E-state index contributed by atoms with van der Waals surface area (Å²) >= 11 is 0. The average Bonchev–Trinajstić information content (AvgIpc) is 2.72. The summed E-state index contributed by atoms with van der Waals surface area (Å²) in [6.45, 7) is 2.41. The third-order valence-electron chi connectivity index (χ3n) is 4.07. The Morgan fingerprint density at radius 1 is 1.04 bits per heavy atom. The van der Waals surface area contributed by atoms with Crippen molar-refractivity contribution in [3.05, 3.63) is 101 Å². The summed E-state index contributed by atoms with van der Waals surface area (Å²) in [4.78, 5) is 28.0. The minimum Gasteiger partial charge on any atom is -0.348 e. The molecule has 0 spiro atoms. The lowest BCUT2D eigenvalue weighted by atomic mass is 10.1. The zero-order valence-corrected chi connectivity index (χ0v) is 15.6. The number of nitrogens with zero attached hydrogens (tertiary/aromatic N) is 1. The molecule has 3 rings (SSSR count). The van der Waals surface area contributed by atoms with Crippen molar-refractivity contribution in [1.82, 2.24) is 10.3 Å². The molecule has 1 aromatic heterocycles. The molecule has 0 aliphatic rings. The molecule has 28 heavy (non-hydrogen) atoms. The fraction of sp³-hybridized carbons (Fsp3) is 0.0870. The maximum absolute atomic E-state index is 12.1. The zero-order valence-electron chi connectivity index (χ0n) is 15.6. The second-order valence-electron chi connectivity index (χ2n) is 6.36. The molecule has 5 heteroatoms. The van der Waals surface area contributed by atoms with Crippen LogP contribution in [0.2, 0.25) is 0 Å². The Bertz CT molecular complexity index is 980. The van der Waals surface area contributed by atoms with Crippen molar-refractivity contribution < 1.29 is 9.59 Å². The van der Waals surface area contributed by atoms with Gasteiger partial charge in [0.25, 0.3) is 5.91 Å². The fourth-order valence-electron chi connectivity index (χ4n) is 2.62. The Hall–Kier alpha value is -3.73. The van der Waals surface area contributed by atoms with Gasteiger partial charge in [0.05, 0.1) is 5.56 Å². The van der Waals surface area contributed by atoms with Crippen molar-refractivity contribution >= 4 is 23.6 Å². The first kappa shape index (κ1) is 19.0. The van der Waals surface area contributed by atoms with Crippen LogP contribution in [0, 0.1) is 6.92 Å². The van der Waals surface area contributed by atoms with E-state index in [2.05, 4.69) is 15.6 Å². The van der Waals surface area contributed by atoms with E-state index in [1.165, 1.54) is 12.3 Å². The summed E-state index contributed by atoms with van der Waals surface area (Å²) in [5.74, 6) is -0.370. The van der Waals surface area contributed by atoms with Gasteiger partial charge in [-0.1, -0.05) is 42.0 Å². The molecule has 140 valence electrons. The topological polar surface area (TPSA) is 71.1 Å². The van der Waals surface area contributed by atoms with E-state index in [0.717, 1.165) is 16.7 Å². The average molecular weight is 371 g/mol. The van der Waals surface area contributed by atoms with E-state index in [4.69, 9.17) is 0 Å². The van der Waals surface area contributed by atoms with Gasteiger partial charge >= 0.3 is 0 Å². The van der Waals surface area contributed by atoms with Crippen molar-refractivity contribution in [1.29, 1.82) is 0 Å². The largest absolute Gasteiger partial charge is 0.348 e. The molecule has 5 nitrogen and oxygen atoms in total. The first-order valence-electron chi connectivity index (χ1n) is 8.93. The lowest BCUT2D eigenvalue weighted by Crippen LogP contribution is -2.22. The van der Waals surface area contributed by atoms with Gasteiger partial charge in [-0.05, 0) is 48.4 Å². The minimum atomic E-state index is -0.195. The number of aryl methyl sites for hydroxylation is 1. The molecule has 3 aromatic rings. The molecule has 0 atom stereocenters. The summed E-state index contributed by atoms with van der Waals surface area (Å²) in [7, 11) is 0. The molecule has 2 aromatic carbocycles. The van der Waals surface area contributed by atoms with Crippen molar-refractivity contribution in [3.63, 3.8) is 0 Å². The molecule has 0 bridgehead atoms. The fourth-order valence-corrected chi connectivity index (χ4v) is 2.62. The van der Waals surface area contributed by atoms with Crippen LogP contribution < -0.4 is 10.6 Å². The Morgan fingerprint density at radius 2 is 1.86 bits per heavy atom.